The van der Waals surface area contributed by atoms with E-state index in [-0.39, 0.29) is 10.6 Å². The predicted octanol–water partition coefficient (Wildman–Crippen LogP) is 2.36. The Kier molecular flexibility index (Phi) is 4.34. The molecule has 1 unspecified atom stereocenters. The highest BCUT2D eigenvalue weighted by Gasteiger charge is 2.30. The Morgan fingerprint density at radius 2 is 2.21 bits per heavy atom. The molecule has 1 saturated heterocycles. The van der Waals surface area contributed by atoms with Gasteiger partial charge in [0, 0.05) is 25.4 Å². The van der Waals surface area contributed by atoms with Crippen LogP contribution >= 0.6 is 11.8 Å². The third-order valence-electron chi connectivity index (χ3n) is 3.60. The van der Waals surface area contributed by atoms with E-state index in [1.165, 1.54) is 12.8 Å². The van der Waals surface area contributed by atoms with Crippen molar-refractivity contribution in [2.45, 2.75) is 31.4 Å². The molecule has 2 heterocycles. The van der Waals surface area contributed by atoms with E-state index >= 15 is 0 Å². The molecule has 0 spiro atoms. The van der Waals surface area contributed by atoms with Gasteiger partial charge in [-0.1, -0.05) is 6.42 Å². The van der Waals surface area contributed by atoms with Gasteiger partial charge in [-0.3, -0.25) is 10.1 Å². The average molecular weight is 284 g/mol. The van der Waals surface area contributed by atoms with E-state index in [9.17, 15) is 10.1 Å². The summed E-state index contributed by atoms with van der Waals surface area (Å²) in [5.41, 5.74) is 0.650. The monoisotopic (exact) mass is 284 g/mol. The van der Waals surface area contributed by atoms with Gasteiger partial charge < -0.3 is 4.90 Å². The molecule has 0 N–H and O–H groups in total. The van der Waals surface area contributed by atoms with Gasteiger partial charge in [-0.2, -0.15) is 16.9 Å². The van der Waals surface area contributed by atoms with Crippen molar-refractivity contribution in [1.29, 1.82) is 0 Å². The quantitative estimate of drug-likeness (QED) is 0.630. The van der Waals surface area contributed by atoms with Crippen LogP contribution in [0.1, 0.15) is 25.0 Å². The summed E-state index contributed by atoms with van der Waals surface area (Å²) in [4.78, 5) is 13.1. The van der Waals surface area contributed by atoms with Gasteiger partial charge in [0.1, 0.15) is 5.69 Å². The van der Waals surface area contributed by atoms with Crippen LogP contribution in [-0.4, -0.2) is 39.3 Å². The molecule has 0 aromatic carbocycles. The van der Waals surface area contributed by atoms with E-state index in [1.54, 1.807) is 18.7 Å². The molecule has 1 aromatic rings. The van der Waals surface area contributed by atoms with Crippen molar-refractivity contribution < 1.29 is 4.92 Å². The molecular formula is C12H20N4O2S. The molecule has 1 aliphatic rings. The summed E-state index contributed by atoms with van der Waals surface area (Å²) in [5.74, 6) is 0.656. The van der Waals surface area contributed by atoms with E-state index in [2.05, 4.69) is 16.3 Å². The van der Waals surface area contributed by atoms with Crippen LogP contribution in [0.2, 0.25) is 0 Å². The zero-order valence-corrected chi connectivity index (χ0v) is 12.4. The average Bonchev–Trinajstić information content (AvgIpc) is 2.54. The Labute approximate surface area is 117 Å². The molecule has 0 aliphatic carbocycles. The Morgan fingerprint density at radius 3 is 2.84 bits per heavy atom. The summed E-state index contributed by atoms with van der Waals surface area (Å²) in [6.07, 6.45) is 5.56. The number of hydrogen-bond donors (Lipinski definition) is 0. The van der Waals surface area contributed by atoms with Gasteiger partial charge in [-0.05, 0) is 26.0 Å². The fourth-order valence-electron chi connectivity index (χ4n) is 2.69. The van der Waals surface area contributed by atoms with Crippen LogP contribution in [0, 0.1) is 17.0 Å². The molecular weight excluding hydrogens is 264 g/mol. The zero-order chi connectivity index (χ0) is 14.0. The fraction of sp³-hybridized carbons (Fsp3) is 0.750. The van der Waals surface area contributed by atoms with Crippen LogP contribution in [0.3, 0.4) is 0 Å². The molecule has 1 aliphatic heterocycles. The van der Waals surface area contributed by atoms with Gasteiger partial charge in [0.25, 0.3) is 0 Å². The number of nitro groups is 1. The van der Waals surface area contributed by atoms with Crippen molar-refractivity contribution in [3.8, 4) is 0 Å². The first kappa shape index (κ1) is 14.2. The number of aryl methyl sites for hydroxylation is 2. The first-order valence-corrected chi connectivity index (χ1v) is 7.79. The fourth-order valence-corrected chi connectivity index (χ4v) is 3.42. The standard InChI is InChI=1S/C12H20N4O2S/c1-9-11(16(17)18)12(14(2)13-9)15-7-5-4-6-10(8-15)19-3/h10H,4-8H2,1-3H3. The number of aromatic nitrogens is 2. The molecule has 19 heavy (non-hydrogen) atoms. The minimum absolute atomic E-state index is 0.157. The Bertz CT molecular complexity index is 475. The van der Waals surface area contributed by atoms with E-state index < -0.39 is 0 Å². The summed E-state index contributed by atoms with van der Waals surface area (Å²) in [6.45, 7) is 3.43. The molecule has 106 valence electrons. The predicted molar refractivity (Wildman–Crippen MR) is 78.0 cm³/mol. The van der Waals surface area contributed by atoms with Crippen molar-refractivity contribution in [2.75, 3.05) is 24.2 Å². The normalized spacial score (nSPS) is 20.4. The van der Waals surface area contributed by atoms with Crippen LogP contribution in [0.25, 0.3) is 0 Å². The van der Waals surface area contributed by atoms with Gasteiger partial charge in [0.15, 0.2) is 0 Å². The second-order valence-electron chi connectivity index (χ2n) is 4.94. The maximum Gasteiger partial charge on any atom is 0.333 e. The van der Waals surface area contributed by atoms with Crippen LogP contribution in [0.5, 0.6) is 0 Å². The molecule has 1 fully saturated rings. The summed E-state index contributed by atoms with van der Waals surface area (Å²) < 4.78 is 1.65. The molecule has 0 bridgehead atoms. The minimum Gasteiger partial charge on any atom is -0.350 e. The smallest absolute Gasteiger partial charge is 0.333 e. The summed E-state index contributed by atoms with van der Waals surface area (Å²) >= 11 is 1.84. The van der Waals surface area contributed by atoms with Gasteiger partial charge in [-0.15, -0.1) is 0 Å². The Hall–Kier alpha value is -1.24. The first-order valence-electron chi connectivity index (χ1n) is 6.50. The van der Waals surface area contributed by atoms with E-state index in [1.807, 2.05) is 11.8 Å². The molecule has 7 heteroatoms. The van der Waals surface area contributed by atoms with Crippen molar-refractivity contribution in [3.63, 3.8) is 0 Å². The lowest BCUT2D eigenvalue weighted by Gasteiger charge is -2.24. The highest BCUT2D eigenvalue weighted by molar-refractivity contribution is 7.99. The van der Waals surface area contributed by atoms with Gasteiger partial charge in [0.05, 0.1) is 4.92 Å². The maximum absolute atomic E-state index is 11.3. The molecule has 0 radical (unpaired) electrons. The molecule has 0 amide bonds. The lowest BCUT2D eigenvalue weighted by Crippen LogP contribution is -2.31. The van der Waals surface area contributed by atoms with Crippen molar-refractivity contribution in [1.82, 2.24) is 9.78 Å². The number of hydrogen-bond acceptors (Lipinski definition) is 5. The Balaban J connectivity index is 2.36. The molecule has 0 saturated carbocycles. The lowest BCUT2D eigenvalue weighted by atomic mass is 10.2. The summed E-state index contributed by atoms with van der Waals surface area (Å²) in [5, 5.41) is 16.0. The van der Waals surface area contributed by atoms with Gasteiger partial charge >= 0.3 is 5.69 Å². The van der Waals surface area contributed by atoms with Crippen molar-refractivity contribution >= 4 is 23.3 Å². The second kappa shape index (κ2) is 5.81. The molecule has 1 aromatic heterocycles. The highest BCUT2D eigenvalue weighted by Crippen LogP contribution is 2.33. The van der Waals surface area contributed by atoms with Crippen molar-refractivity contribution in [2.24, 2.45) is 7.05 Å². The third-order valence-corrected chi connectivity index (χ3v) is 4.66. The van der Waals surface area contributed by atoms with Crippen molar-refractivity contribution in [3.05, 3.63) is 15.8 Å². The molecule has 6 nitrogen and oxygen atoms in total. The van der Waals surface area contributed by atoms with Gasteiger partial charge in [-0.25, -0.2) is 4.68 Å². The topological polar surface area (TPSA) is 64.2 Å². The summed E-state index contributed by atoms with van der Waals surface area (Å²) in [6, 6.07) is 0. The summed E-state index contributed by atoms with van der Waals surface area (Å²) in [7, 11) is 1.79. The lowest BCUT2D eigenvalue weighted by molar-refractivity contribution is -0.384. The number of nitrogens with zero attached hydrogens (tertiary/aromatic N) is 4. The number of rotatable bonds is 3. The Morgan fingerprint density at radius 1 is 1.47 bits per heavy atom. The molecule has 2 rings (SSSR count). The van der Waals surface area contributed by atoms with Crippen LogP contribution in [0.15, 0.2) is 0 Å². The maximum atomic E-state index is 11.3. The van der Waals surface area contributed by atoms with Crippen LogP contribution in [0.4, 0.5) is 11.5 Å². The SMILES string of the molecule is CSC1CCCCN(c2c([N+](=O)[O-])c(C)nn2C)C1. The minimum atomic E-state index is -0.309. The van der Waals surface area contributed by atoms with Gasteiger partial charge in [0.2, 0.25) is 5.82 Å². The molecule has 1 atom stereocenters. The highest BCUT2D eigenvalue weighted by atomic mass is 32.2. The third kappa shape index (κ3) is 2.86. The zero-order valence-electron chi connectivity index (χ0n) is 11.6. The number of thioether (sulfide) groups is 1. The van der Waals surface area contributed by atoms with E-state index in [0.29, 0.717) is 16.8 Å². The van der Waals surface area contributed by atoms with Crippen LogP contribution in [-0.2, 0) is 7.05 Å². The first-order chi connectivity index (χ1) is 9.04. The van der Waals surface area contributed by atoms with E-state index in [4.69, 9.17) is 0 Å². The largest absolute Gasteiger partial charge is 0.350 e. The second-order valence-corrected chi connectivity index (χ2v) is 6.08. The number of anilines is 1. The van der Waals surface area contributed by atoms with E-state index in [0.717, 1.165) is 19.5 Å². The van der Waals surface area contributed by atoms with Crippen LogP contribution < -0.4 is 4.90 Å².